The molecule has 0 spiro atoms. The minimum absolute atomic E-state index is 0.242. The van der Waals surface area contributed by atoms with Gasteiger partial charge in [0.05, 0.1) is 19.6 Å². The van der Waals surface area contributed by atoms with Crippen LogP contribution >= 0.6 is 0 Å². The van der Waals surface area contributed by atoms with Gasteiger partial charge in [-0.15, -0.1) is 5.73 Å². The molecule has 0 aliphatic heterocycles. The van der Waals surface area contributed by atoms with Gasteiger partial charge in [-0.1, -0.05) is 44.9 Å². The number of methoxy groups -OCH3 is 1. The summed E-state index contributed by atoms with van der Waals surface area (Å²) in [6.45, 7) is 6.50. The number of benzene rings is 1. The molecule has 0 bridgehead atoms. The van der Waals surface area contributed by atoms with Gasteiger partial charge in [0.25, 0.3) is 0 Å². The Labute approximate surface area is 140 Å². The quantitative estimate of drug-likeness (QED) is 0.337. The number of aryl methyl sites for hydroxylation is 1. The summed E-state index contributed by atoms with van der Waals surface area (Å²) in [5.41, 5.74) is 3.85. The van der Waals surface area contributed by atoms with E-state index in [1.807, 2.05) is 24.3 Å². The van der Waals surface area contributed by atoms with E-state index in [4.69, 9.17) is 9.47 Å². The predicted octanol–water partition coefficient (Wildman–Crippen LogP) is 4.71. The van der Waals surface area contributed by atoms with E-state index in [1.54, 1.807) is 6.08 Å². The highest BCUT2D eigenvalue weighted by atomic mass is 16.5. The van der Waals surface area contributed by atoms with Crippen LogP contribution in [0.1, 0.15) is 44.6 Å². The molecule has 3 nitrogen and oxygen atoms in total. The summed E-state index contributed by atoms with van der Waals surface area (Å²) >= 11 is 0. The van der Waals surface area contributed by atoms with E-state index < -0.39 is 0 Å². The molecule has 3 heteroatoms. The summed E-state index contributed by atoms with van der Waals surface area (Å²) in [5, 5.41) is 0. The number of ether oxygens (including phenoxy) is 2. The van der Waals surface area contributed by atoms with Gasteiger partial charge in [-0.3, -0.25) is 4.79 Å². The summed E-state index contributed by atoms with van der Waals surface area (Å²) in [6.07, 6.45) is 7.98. The van der Waals surface area contributed by atoms with Crippen LogP contribution in [0.3, 0.4) is 0 Å². The number of unbranched alkanes of at least 4 members (excludes halogenated alkanes) is 3. The average Bonchev–Trinajstić information content (AvgIpc) is 2.58. The van der Waals surface area contributed by atoms with E-state index in [1.165, 1.54) is 31.9 Å². The second-order valence-electron chi connectivity index (χ2n) is 5.59. The van der Waals surface area contributed by atoms with Crippen LogP contribution in [0, 0.1) is 5.92 Å². The number of rotatable bonds is 11. The van der Waals surface area contributed by atoms with Crippen LogP contribution in [0.4, 0.5) is 0 Å². The van der Waals surface area contributed by atoms with E-state index in [0.29, 0.717) is 6.42 Å². The molecule has 0 aliphatic rings. The second-order valence-corrected chi connectivity index (χ2v) is 5.59. The van der Waals surface area contributed by atoms with Crippen LogP contribution in [-0.2, 0) is 16.0 Å². The largest absolute Gasteiger partial charge is 0.494 e. The van der Waals surface area contributed by atoms with Crippen molar-refractivity contribution in [2.24, 2.45) is 5.92 Å². The van der Waals surface area contributed by atoms with Gasteiger partial charge in [-0.05, 0) is 43.0 Å². The monoisotopic (exact) mass is 316 g/mol. The Kier molecular flexibility index (Phi) is 9.58. The number of hydrogen-bond donors (Lipinski definition) is 0. The third kappa shape index (κ3) is 7.71. The van der Waals surface area contributed by atoms with E-state index in [2.05, 4.69) is 19.2 Å². The summed E-state index contributed by atoms with van der Waals surface area (Å²) in [7, 11) is 1.40. The van der Waals surface area contributed by atoms with Crippen molar-refractivity contribution in [1.82, 2.24) is 0 Å². The standard InChI is InChI=1S/C20H28O3/c1-4-6-7-8-16-23-19-14-11-17(12-15-19)10-13-18(9-5-2)20(21)22-3/h9,11-12,14-15,18H,2,4,6-8,10,13,16H2,1,3H3. The third-order valence-corrected chi connectivity index (χ3v) is 3.76. The molecule has 1 aromatic rings. The van der Waals surface area contributed by atoms with Gasteiger partial charge < -0.3 is 9.47 Å². The Morgan fingerprint density at radius 2 is 2.00 bits per heavy atom. The van der Waals surface area contributed by atoms with Gasteiger partial charge in [0.2, 0.25) is 0 Å². The molecule has 1 aromatic carbocycles. The molecule has 0 aliphatic carbocycles. The summed E-state index contributed by atoms with van der Waals surface area (Å²) < 4.78 is 10.5. The number of carbonyl (C=O) groups excluding carboxylic acids is 1. The Morgan fingerprint density at radius 1 is 1.26 bits per heavy atom. The first kappa shape index (κ1) is 19.1. The van der Waals surface area contributed by atoms with Gasteiger partial charge >= 0.3 is 5.97 Å². The molecule has 1 atom stereocenters. The van der Waals surface area contributed by atoms with Crippen molar-refractivity contribution in [2.75, 3.05) is 13.7 Å². The maximum atomic E-state index is 11.6. The van der Waals surface area contributed by atoms with Crippen LogP contribution in [0.15, 0.2) is 42.7 Å². The first-order valence-electron chi connectivity index (χ1n) is 8.36. The lowest BCUT2D eigenvalue weighted by Gasteiger charge is -2.10. The Hall–Kier alpha value is -1.99. The Morgan fingerprint density at radius 3 is 2.61 bits per heavy atom. The fourth-order valence-corrected chi connectivity index (χ4v) is 2.36. The van der Waals surface area contributed by atoms with Gasteiger partial charge in [0, 0.05) is 0 Å². The van der Waals surface area contributed by atoms with Crippen LogP contribution in [0.2, 0.25) is 0 Å². The lowest BCUT2D eigenvalue weighted by atomic mass is 9.99. The lowest BCUT2D eigenvalue weighted by Crippen LogP contribution is -2.14. The molecular formula is C20H28O3. The molecule has 23 heavy (non-hydrogen) atoms. The Bertz CT molecular complexity index is 498. The third-order valence-electron chi connectivity index (χ3n) is 3.76. The molecule has 0 aromatic heterocycles. The smallest absolute Gasteiger partial charge is 0.313 e. The van der Waals surface area contributed by atoms with E-state index in [9.17, 15) is 4.79 Å². The van der Waals surface area contributed by atoms with Crippen molar-refractivity contribution < 1.29 is 14.3 Å². The summed E-state index contributed by atoms with van der Waals surface area (Å²) in [6, 6.07) is 8.08. The van der Waals surface area contributed by atoms with Crippen molar-refractivity contribution >= 4 is 5.97 Å². The fraction of sp³-hybridized carbons (Fsp3) is 0.500. The van der Waals surface area contributed by atoms with Gasteiger partial charge in [-0.25, -0.2) is 0 Å². The minimum Gasteiger partial charge on any atom is -0.494 e. The average molecular weight is 316 g/mol. The van der Waals surface area contributed by atoms with Crippen molar-refractivity contribution in [3.8, 4) is 5.75 Å². The molecule has 1 rings (SSSR count). The van der Waals surface area contributed by atoms with E-state index in [-0.39, 0.29) is 11.9 Å². The maximum absolute atomic E-state index is 11.6. The molecule has 0 radical (unpaired) electrons. The molecule has 0 saturated carbocycles. The van der Waals surface area contributed by atoms with Crippen molar-refractivity contribution in [3.63, 3.8) is 0 Å². The molecule has 126 valence electrons. The van der Waals surface area contributed by atoms with Crippen molar-refractivity contribution in [3.05, 3.63) is 48.2 Å². The molecule has 0 saturated heterocycles. The number of carbonyl (C=O) groups is 1. The summed E-state index contributed by atoms with van der Waals surface area (Å²) in [4.78, 5) is 11.6. The molecule has 0 amide bonds. The highest BCUT2D eigenvalue weighted by molar-refractivity contribution is 5.74. The lowest BCUT2D eigenvalue weighted by molar-refractivity contribution is -0.143. The first-order valence-corrected chi connectivity index (χ1v) is 8.36. The molecular weight excluding hydrogens is 288 g/mol. The number of hydrogen-bond acceptors (Lipinski definition) is 3. The first-order chi connectivity index (χ1) is 11.2. The van der Waals surface area contributed by atoms with Gasteiger partial charge in [-0.2, -0.15) is 0 Å². The fourth-order valence-electron chi connectivity index (χ4n) is 2.36. The minimum atomic E-state index is -0.285. The molecule has 0 fully saturated rings. The number of esters is 1. The van der Waals surface area contributed by atoms with Crippen molar-refractivity contribution in [1.29, 1.82) is 0 Å². The normalized spacial score (nSPS) is 11.4. The van der Waals surface area contributed by atoms with Crippen LogP contribution in [-0.4, -0.2) is 19.7 Å². The second kappa shape index (κ2) is 11.6. The SMILES string of the molecule is C=C=CC(CCc1ccc(OCCCCCC)cc1)C(=O)OC. The van der Waals surface area contributed by atoms with E-state index >= 15 is 0 Å². The maximum Gasteiger partial charge on any atom is 0.313 e. The zero-order valence-corrected chi connectivity index (χ0v) is 14.3. The highest BCUT2D eigenvalue weighted by Crippen LogP contribution is 2.17. The van der Waals surface area contributed by atoms with Crippen LogP contribution in [0.5, 0.6) is 5.75 Å². The summed E-state index contributed by atoms with van der Waals surface area (Å²) in [5.74, 6) is 0.376. The van der Waals surface area contributed by atoms with E-state index in [0.717, 1.165) is 25.2 Å². The molecule has 0 N–H and O–H groups in total. The Balaban J connectivity index is 2.41. The van der Waals surface area contributed by atoms with Gasteiger partial charge in [0.1, 0.15) is 5.75 Å². The van der Waals surface area contributed by atoms with Gasteiger partial charge in [0.15, 0.2) is 0 Å². The molecule has 0 heterocycles. The zero-order valence-electron chi connectivity index (χ0n) is 14.3. The zero-order chi connectivity index (χ0) is 16.9. The van der Waals surface area contributed by atoms with Crippen molar-refractivity contribution in [2.45, 2.75) is 45.4 Å². The predicted molar refractivity (Wildman–Crippen MR) is 93.6 cm³/mol. The van der Waals surface area contributed by atoms with Crippen LogP contribution in [0.25, 0.3) is 0 Å². The molecule has 1 unspecified atom stereocenters. The highest BCUT2D eigenvalue weighted by Gasteiger charge is 2.15. The topological polar surface area (TPSA) is 35.5 Å². The van der Waals surface area contributed by atoms with Crippen LogP contribution < -0.4 is 4.74 Å².